The number of fused-ring (bicyclic) bond motifs is 9. The second-order valence-electron chi connectivity index (χ2n) is 13.2. The van der Waals surface area contributed by atoms with Crippen LogP contribution in [0.2, 0.25) is 0 Å². The lowest BCUT2D eigenvalue weighted by atomic mass is 9.97. The Morgan fingerprint density at radius 1 is 0.288 bits per heavy atom. The van der Waals surface area contributed by atoms with Gasteiger partial charge >= 0.3 is 0 Å². The van der Waals surface area contributed by atoms with Gasteiger partial charge in [-0.3, -0.25) is 0 Å². The van der Waals surface area contributed by atoms with Crippen molar-refractivity contribution in [2.24, 2.45) is 0 Å². The molecule has 11 aromatic rings. The van der Waals surface area contributed by atoms with Gasteiger partial charge in [0, 0.05) is 60.4 Å². The molecule has 0 unspecified atom stereocenters. The average molecular weight is 668 g/mol. The Morgan fingerprint density at radius 3 is 1.33 bits per heavy atom. The first kappa shape index (κ1) is 28.8. The number of anilines is 3. The number of rotatable bonds is 5. The molecule has 52 heavy (non-hydrogen) atoms. The molecule has 0 saturated heterocycles. The van der Waals surface area contributed by atoms with E-state index in [0.29, 0.717) is 0 Å². The average Bonchev–Trinajstić information content (AvgIpc) is 3.91. The molecule has 8 aromatic carbocycles. The number of para-hydroxylation sites is 7. The molecule has 11 rings (SSSR count). The van der Waals surface area contributed by atoms with Crippen LogP contribution in [0, 0.1) is 0 Å². The van der Waals surface area contributed by atoms with Crippen LogP contribution in [0.3, 0.4) is 0 Å². The van der Waals surface area contributed by atoms with Crippen LogP contribution in [0.15, 0.2) is 189 Å². The first-order valence-corrected chi connectivity index (χ1v) is 17.5. The molecule has 0 fully saturated rings. The summed E-state index contributed by atoms with van der Waals surface area (Å²) in [7, 11) is 0. The summed E-state index contributed by atoms with van der Waals surface area (Å²) in [4.78, 5) is 2.26. The van der Waals surface area contributed by atoms with E-state index in [2.05, 4.69) is 150 Å². The molecule has 3 heterocycles. The molecule has 3 aromatic heterocycles. The van der Waals surface area contributed by atoms with Crippen molar-refractivity contribution in [1.29, 1.82) is 0 Å². The topological polar surface area (TPSA) is 42.7 Å². The predicted octanol–water partition coefficient (Wildman–Crippen LogP) is 14.2. The zero-order valence-corrected chi connectivity index (χ0v) is 27.9. The molecule has 0 bridgehead atoms. The Kier molecular flexibility index (Phi) is 6.22. The third-order valence-electron chi connectivity index (χ3n) is 10.3. The smallest absolute Gasteiger partial charge is 0.159 e. The van der Waals surface area contributed by atoms with Crippen molar-refractivity contribution >= 4 is 82.9 Å². The highest BCUT2D eigenvalue weighted by atomic mass is 16.3. The van der Waals surface area contributed by atoms with Crippen molar-refractivity contribution in [3.63, 3.8) is 0 Å². The van der Waals surface area contributed by atoms with Crippen molar-refractivity contribution in [3.8, 4) is 22.3 Å². The summed E-state index contributed by atoms with van der Waals surface area (Å²) >= 11 is 0. The second kappa shape index (κ2) is 11.2. The van der Waals surface area contributed by atoms with Gasteiger partial charge in [0.1, 0.15) is 27.9 Å². The van der Waals surface area contributed by atoms with E-state index in [1.807, 2.05) is 30.3 Å². The fraction of sp³-hybridized carbons (Fsp3) is 0. The van der Waals surface area contributed by atoms with E-state index < -0.39 is 0 Å². The van der Waals surface area contributed by atoms with Crippen LogP contribution in [-0.4, -0.2) is 0 Å². The molecule has 0 atom stereocenters. The van der Waals surface area contributed by atoms with Gasteiger partial charge in [0.2, 0.25) is 0 Å². The maximum Gasteiger partial charge on any atom is 0.159 e. The molecule has 0 saturated carbocycles. The van der Waals surface area contributed by atoms with E-state index in [1.54, 1.807) is 0 Å². The fourth-order valence-corrected chi connectivity index (χ4v) is 8.02. The van der Waals surface area contributed by atoms with Gasteiger partial charge in [-0.15, -0.1) is 0 Å². The van der Waals surface area contributed by atoms with Crippen LogP contribution < -0.4 is 4.90 Å². The molecule has 4 nitrogen and oxygen atoms in total. The molecule has 0 N–H and O–H groups in total. The van der Waals surface area contributed by atoms with Gasteiger partial charge < -0.3 is 18.2 Å². The summed E-state index contributed by atoms with van der Waals surface area (Å²) in [6.07, 6.45) is 0. The highest BCUT2D eigenvalue weighted by Crippen LogP contribution is 2.47. The summed E-state index contributed by atoms with van der Waals surface area (Å²) in [5.74, 6) is 0. The van der Waals surface area contributed by atoms with Gasteiger partial charge in [-0.05, 0) is 48.0 Å². The zero-order valence-electron chi connectivity index (χ0n) is 27.9. The summed E-state index contributed by atoms with van der Waals surface area (Å²) in [6.45, 7) is 0. The van der Waals surface area contributed by atoms with E-state index in [-0.39, 0.29) is 0 Å². The lowest BCUT2D eigenvalue weighted by molar-refractivity contribution is 0.665. The molecule has 0 aliphatic carbocycles. The fourth-order valence-electron chi connectivity index (χ4n) is 8.02. The van der Waals surface area contributed by atoms with Crippen LogP contribution in [0.1, 0.15) is 0 Å². The Balaban J connectivity index is 1.14. The van der Waals surface area contributed by atoms with Gasteiger partial charge in [0.25, 0.3) is 0 Å². The number of hydrogen-bond donors (Lipinski definition) is 0. The molecule has 0 spiro atoms. The Bertz CT molecular complexity index is 3090. The zero-order chi connectivity index (χ0) is 34.2. The van der Waals surface area contributed by atoms with E-state index in [9.17, 15) is 0 Å². The van der Waals surface area contributed by atoms with Crippen LogP contribution in [-0.2, 0) is 0 Å². The van der Waals surface area contributed by atoms with Crippen LogP contribution in [0.25, 0.3) is 88.1 Å². The first-order valence-electron chi connectivity index (χ1n) is 17.5. The maximum atomic E-state index is 7.00. The molecule has 4 heteroatoms. The summed E-state index contributed by atoms with van der Waals surface area (Å²) in [5, 5.41) is 6.44. The molecular weight excluding hydrogens is 639 g/mol. The number of nitrogens with zero attached hydrogens (tertiary/aromatic N) is 1. The standard InChI is InChI=1S/C48H29NO3/c1-3-14-30(15-4-1)49(31-16-5-2-6-17-31)41-27-12-26-39-38-25-11-24-37(47(38)52-48(39)41)36-23-10-22-35-34-21-9-20-33(45(34)51-46(35)36)32-19-13-29-43-44(32)40-18-7-8-28-42(40)50-43/h1-29H. The SMILES string of the molecule is c1ccc(N(c2ccccc2)c2cccc3c2oc2c(-c4cccc5c4oc4c(-c6cccc7oc8ccccc8c67)cccc45)cccc23)cc1. The minimum atomic E-state index is 0.828. The Hall–Kier alpha value is -7.04. The van der Waals surface area contributed by atoms with Crippen molar-refractivity contribution in [2.45, 2.75) is 0 Å². The highest BCUT2D eigenvalue weighted by Gasteiger charge is 2.23. The quantitative estimate of drug-likeness (QED) is 0.183. The van der Waals surface area contributed by atoms with E-state index in [1.165, 1.54) is 0 Å². The highest BCUT2D eigenvalue weighted by molar-refractivity contribution is 6.20. The van der Waals surface area contributed by atoms with Crippen LogP contribution >= 0.6 is 0 Å². The Morgan fingerprint density at radius 2 is 0.712 bits per heavy atom. The molecule has 0 aliphatic heterocycles. The number of benzene rings is 8. The van der Waals surface area contributed by atoms with Crippen molar-refractivity contribution in [3.05, 3.63) is 176 Å². The first-order chi connectivity index (χ1) is 25.8. The van der Waals surface area contributed by atoms with E-state index >= 15 is 0 Å². The summed E-state index contributed by atoms with van der Waals surface area (Å²) in [6, 6.07) is 61.0. The van der Waals surface area contributed by atoms with E-state index in [0.717, 1.165) is 105 Å². The van der Waals surface area contributed by atoms with Crippen molar-refractivity contribution < 1.29 is 13.3 Å². The predicted molar refractivity (Wildman–Crippen MR) is 214 cm³/mol. The molecule has 0 aliphatic rings. The lowest BCUT2D eigenvalue weighted by Gasteiger charge is -2.25. The van der Waals surface area contributed by atoms with Crippen molar-refractivity contribution in [2.75, 3.05) is 4.90 Å². The second-order valence-corrected chi connectivity index (χ2v) is 13.2. The minimum Gasteiger partial charge on any atom is -0.456 e. The molecular formula is C48H29NO3. The number of furan rings is 3. The molecule has 0 amide bonds. The minimum absolute atomic E-state index is 0.828. The summed E-state index contributed by atoms with van der Waals surface area (Å²) in [5.41, 5.74) is 12.3. The summed E-state index contributed by atoms with van der Waals surface area (Å²) < 4.78 is 20.2. The van der Waals surface area contributed by atoms with Crippen molar-refractivity contribution in [1.82, 2.24) is 0 Å². The van der Waals surface area contributed by atoms with Gasteiger partial charge in [0.15, 0.2) is 5.58 Å². The maximum absolute atomic E-state index is 7.00. The van der Waals surface area contributed by atoms with Crippen LogP contribution in [0.5, 0.6) is 0 Å². The molecule has 0 radical (unpaired) electrons. The third-order valence-corrected chi connectivity index (χ3v) is 10.3. The normalized spacial score (nSPS) is 11.8. The van der Waals surface area contributed by atoms with Crippen LogP contribution in [0.4, 0.5) is 17.1 Å². The van der Waals surface area contributed by atoms with Gasteiger partial charge in [-0.25, -0.2) is 0 Å². The van der Waals surface area contributed by atoms with Gasteiger partial charge in [0.05, 0.1) is 5.69 Å². The Labute approximate surface area is 298 Å². The lowest BCUT2D eigenvalue weighted by Crippen LogP contribution is -2.09. The monoisotopic (exact) mass is 667 g/mol. The number of hydrogen-bond acceptors (Lipinski definition) is 4. The molecule has 244 valence electrons. The van der Waals surface area contributed by atoms with Gasteiger partial charge in [-0.1, -0.05) is 133 Å². The van der Waals surface area contributed by atoms with Gasteiger partial charge in [-0.2, -0.15) is 0 Å². The third kappa shape index (κ3) is 4.21. The largest absolute Gasteiger partial charge is 0.456 e. The van der Waals surface area contributed by atoms with E-state index in [4.69, 9.17) is 13.3 Å².